The Hall–Kier alpha value is -3.93. The van der Waals surface area contributed by atoms with Crippen LogP contribution in [0.15, 0.2) is 58.5 Å². The summed E-state index contributed by atoms with van der Waals surface area (Å²) in [7, 11) is 3.26. The van der Waals surface area contributed by atoms with Crippen LogP contribution >= 0.6 is 0 Å². The average Bonchev–Trinajstić information content (AvgIpc) is 3.32. The topological polar surface area (TPSA) is 113 Å². The van der Waals surface area contributed by atoms with Crippen molar-refractivity contribution in [1.82, 2.24) is 14.8 Å². The van der Waals surface area contributed by atoms with Crippen molar-refractivity contribution >= 4 is 17.6 Å². The predicted molar refractivity (Wildman–Crippen MR) is 141 cm³/mol. The number of anilines is 2. The summed E-state index contributed by atoms with van der Waals surface area (Å²) in [5, 5.41) is 16.2. The third-order valence-electron chi connectivity index (χ3n) is 7.65. The van der Waals surface area contributed by atoms with Crippen LogP contribution in [0.2, 0.25) is 0 Å². The number of hydrogen-bond donors (Lipinski definition) is 1. The van der Waals surface area contributed by atoms with Gasteiger partial charge < -0.3 is 30.9 Å². The van der Waals surface area contributed by atoms with Gasteiger partial charge in [0.1, 0.15) is 25.7 Å². The molecule has 2 aromatic carbocycles. The quantitative estimate of drug-likeness (QED) is 0.319. The van der Waals surface area contributed by atoms with E-state index < -0.39 is 29.4 Å². The van der Waals surface area contributed by atoms with E-state index in [2.05, 4.69) is 23.3 Å². The number of aromatic nitrogens is 3. The molecule has 2 aliphatic rings. The summed E-state index contributed by atoms with van der Waals surface area (Å²) < 4.78 is 53.3. The fraction of sp³-hybridized carbons (Fsp3) is 0.357. The molecule has 0 bridgehead atoms. The first-order chi connectivity index (χ1) is 19.5. The van der Waals surface area contributed by atoms with Gasteiger partial charge in [0.25, 0.3) is 0 Å². The van der Waals surface area contributed by atoms with Crippen molar-refractivity contribution in [3.05, 3.63) is 86.5 Å². The number of nitriles is 1. The van der Waals surface area contributed by atoms with Gasteiger partial charge in [0.05, 0.1) is 50.1 Å². The van der Waals surface area contributed by atoms with Crippen LogP contribution in [0.3, 0.4) is 0 Å². The zero-order valence-corrected chi connectivity index (χ0v) is 24.6. The van der Waals surface area contributed by atoms with Crippen LogP contribution in [0.1, 0.15) is 35.2 Å². The van der Waals surface area contributed by atoms with Crippen molar-refractivity contribution in [3.8, 4) is 6.07 Å². The van der Waals surface area contributed by atoms with Crippen LogP contribution in [0.5, 0.6) is 0 Å². The Morgan fingerprint density at radius 1 is 1.24 bits per heavy atom. The molecule has 0 aliphatic carbocycles. The zero-order valence-electron chi connectivity index (χ0n) is 23.0. The third-order valence-corrected chi connectivity index (χ3v) is 7.65. The average molecular weight is 649 g/mol. The molecule has 1 atom stereocenters. The number of halogens is 4. The number of benzene rings is 2. The van der Waals surface area contributed by atoms with Crippen LogP contribution in [-0.4, -0.2) is 65.7 Å². The first-order valence-electron chi connectivity index (χ1n) is 12.8. The van der Waals surface area contributed by atoms with Gasteiger partial charge in [-0.15, -0.1) is 5.10 Å². The summed E-state index contributed by atoms with van der Waals surface area (Å²) in [5.41, 5.74) is 0.506. The number of nitrogens with one attached hydrogen (secondary N) is 1. The van der Waals surface area contributed by atoms with Crippen LogP contribution in [0.4, 0.5) is 24.8 Å². The van der Waals surface area contributed by atoms with E-state index in [0.29, 0.717) is 35.4 Å². The molecule has 5 rings (SSSR count). The van der Waals surface area contributed by atoms with Gasteiger partial charge in [-0.1, -0.05) is 12.1 Å². The first kappa shape index (κ1) is 31.0. The number of esters is 1. The maximum absolute atomic E-state index is 13.6. The van der Waals surface area contributed by atoms with Crippen LogP contribution in [-0.2, 0) is 27.0 Å². The molecule has 222 valence electrons. The molecule has 0 saturated carbocycles. The third kappa shape index (κ3) is 5.59. The monoisotopic (exact) mass is 648 g/mol. The van der Waals surface area contributed by atoms with Crippen molar-refractivity contribution in [3.63, 3.8) is 0 Å². The number of hydrogen-bond acceptors (Lipinski definition) is 7. The number of methoxy groups -OCH3 is 1. The molecular weight excluding hydrogens is 621 g/mol. The van der Waals surface area contributed by atoms with Gasteiger partial charge in [0.2, 0.25) is 5.95 Å². The Balaban J connectivity index is 0.00000405. The van der Waals surface area contributed by atoms with E-state index in [1.54, 1.807) is 25.1 Å². The molecule has 1 fully saturated rings. The lowest BCUT2D eigenvalue weighted by Gasteiger charge is -2.39. The largest absolute Gasteiger partial charge is 1.00 e. The molecule has 0 radical (unpaired) electrons. The Bertz CT molecular complexity index is 1640. The molecule has 1 saturated heterocycles. The number of alkyl halides is 3. The van der Waals surface area contributed by atoms with E-state index >= 15 is 0 Å². The molecule has 3 aromatic rings. The summed E-state index contributed by atoms with van der Waals surface area (Å²) in [6.45, 7) is 4.63. The van der Waals surface area contributed by atoms with Gasteiger partial charge in [-0.3, -0.25) is 4.90 Å². The Kier molecular flexibility index (Phi) is 8.68. The molecule has 3 heterocycles. The van der Waals surface area contributed by atoms with E-state index in [1.165, 1.54) is 28.7 Å². The molecule has 1 unspecified atom stereocenters. The van der Waals surface area contributed by atoms with Gasteiger partial charge in [0.15, 0.2) is 0 Å². The van der Waals surface area contributed by atoms with E-state index in [9.17, 15) is 28.0 Å². The highest BCUT2D eigenvalue weighted by Crippen LogP contribution is 2.44. The number of carbonyl (C=O) groups excluding carboxylic acids is 1. The predicted octanol–water partition coefficient (Wildman–Crippen LogP) is 0.631. The molecule has 1 aromatic heterocycles. The van der Waals surface area contributed by atoms with Crippen LogP contribution in [0.25, 0.3) is 0 Å². The summed E-state index contributed by atoms with van der Waals surface area (Å²) >= 11 is 0. The van der Waals surface area contributed by atoms with Crippen molar-refractivity contribution in [2.45, 2.75) is 25.7 Å². The minimum Gasteiger partial charge on any atom is -1.00 e. The maximum atomic E-state index is 13.6. The minimum absolute atomic E-state index is 0. The lowest BCUT2D eigenvalue weighted by atomic mass is 9.89. The van der Waals surface area contributed by atoms with Crippen LogP contribution in [0, 0.1) is 11.3 Å². The minimum atomic E-state index is -4.61. The molecule has 2 aliphatic heterocycles. The highest BCUT2D eigenvalue weighted by molar-refractivity contribution is 5.93. The SMILES string of the molecule is COC(=O)C1=C(C)N(c2cccc(C(F)(F)F)c2)c2n[nH]c(=O)n2C1c1ccc(C#N)cc1C[N+]1(C)CCOCC1.[Br-]. The Morgan fingerprint density at radius 2 is 1.95 bits per heavy atom. The molecule has 0 spiro atoms. The second kappa shape index (κ2) is 11.7. The van der Waals surface area contributed by atoms with Crippen molar-refractivity contribution < 1.29 is 48.9 Å². The molecule has 10 nitrogen and oxygen atoms in total. The summed E-state index contributed by atoms with van der Waals surface area (Å²) in [4.78, 5) is 28.0. The smallest absolute Gasteiger partial charge is 0.416 e. The Morgan fingerprint density at radius 3 is 2.60 bits per heavy atom. The highest BCUT2D eigenvalue weighted by atomic mass is 79.9. The normalized spacial score (nSPS) is 18.1. The molecule has 42 heavy (non-hydrogen) atoms. The molecule has 0 amide bonds. The first-order valence-corrected chi connectivity index (χ1v) is 12.8. The lowest BCUT2D eigenvalue weighted by Crippen LogP contribution is -3.00. The number of aromatic amines is 1. The summed E-state index contributed by atoms with van der Waals surface area (Å²) in [5.74, 6) is -0.753. The lowest BCUT2D eigenvalue weighted by molar-refractivity contribution is -0.929. The fourth-order valence-corrected chi connectivity index (χ4v) is 5.51. The number of allylic oxidation sites excluding steroid dienone is 1. The van der Waals surface area contributed by atoms with Crippen molar-refractivity contribution in [2.75, 3.05) is 45.4 Å². The standard InChI is InChI=1S/C28H27F3N6O4.BrH/c1-17-23(25(38)40-3)24(22-8-7-18(15-32)13-19(22)16-37(2)9-11-41-12-10-37)36-26(33-34-27(36)39)35(17)21-6-4-5-20(14-21)28(29,30)31;/h4-8,13-14,24H,9-12,16H2,1-3H3;1H. The number of nitrogens with zero attached hydrogens (tertiary/aromatic N) is 5. The van der Waals surface area contributed by atoms with Gasteiger partial charge >= 0.3 is 17.8 Å². The van der Waals surface area contributed by atoms with Crippen molar-refractivity contribution in [1.29, 1.82) is 5.26 Å². The summed E-state index contributed by atoms with van der Waals surface area (Å²) in [6.07, 6.45) is -4.61. The molecular formula is C28H28BrF3N6O4. The number of H-pyrrole nitrogens is 1. The van der Waals surface area contributed by atoms with Gasteiger partial charge in [-0.25, -0.2) is 19.3 Å². The van der Waals surface area contributed by atoms with Crippen LogP contribution < -0.4 is 27.6 Å². The number of morpholine rings is 1. The van der Waals surface area contributed by atoms with E-state index in [4.69, 9.17) is 9.47 Å². The number of rotatable bonds is 5. The van der Waals surface area contributed by atoms with Gasteiger partial charge in [0, 0.05) is 16.9 Å². The Labute approximate surface area is 249 Å². The fourth-order valence-electron chi connectivity index (χ4n) is 5.51. The van der Waals surface area contributed by atoms with Gasteiger partial charge in [-0.2, -0.15) is 18.4 Å². The molecule has 14 heteroatoms. The number of quaternary nitrogens is 1. The zero-order chi connectivity index (χ0) is 29.5. The number of likely N-dealkylation sites (N-methyl/N-ethyl adjacent to an activating group) is 1. The van der Waals surface area contributed by atoms with Crippen molar-refractivity contribution in [2.24, 2.45) is 0 Å². The number of fused-ring (bicyclic) bond motifs is 1. The maximum Gasteiger partial charge on any atom is 0.416 e. The second-order valence-electron chi connectivity index (χ2n) is 10.3. The molecule has 1 N–H and O–H groups in total. The number of ether oxygens (including phenoxy) is 2. The van der Waals surface area contributed by atoms with Gasteiger partial charge in [-0.05, 0) is 42.8 Å². The van der Waals surface area contributed by atoms with E-state index in [0.717, 1.165) is 30.8 Å². The summed E-state index contributed by atoms with van der Waals surface area (Å²) in [6, 6.07) is 10.7. The second-order valence-corrected chi connectivity index (χ2v) is 10.3. The van der Waals surface area contributed by atoms with E-state index in [1.807, 2.05) is 0 Å². The highest BCUT2D eigenvalue weighted by Gasteiger charge is 2.41. The number of carbonyl (C=O) groups is 1. The van der Waals surface area contributed by atoms with E-state index in [-0.39, 0.29) is 39.9 Å².